The van der Waals surface area contributed by atoms with Crippen molar-refractivity contribution in [2.24, 2.45) is 0 Å². The summed E-state index contributed by atoms with van der Waals surface area (Å²) in [4.78, 5) is 25.5. The molecule has 0 bridgehead atoms. The van der Waals surface area contributed by atoms with Crippen molar-refractivity contribution < 1.29 is 45.4 Å². The molecule has 0 saturated carbocycles. The maximum atomic E-state index is 14.8. The average molecular weight is 770 g/mol. The van der Waals surface area contributed by atoms with Crippen molar-refractivity contribution in [3.63, 3.8) is 0 Å². The van der Waals surface area contributed by atoms with Crippen molar-refractivity contribution >= 4 is 34.8 Å². The Labute approximate surface area is 310 Å². The minimum Gasteiger partial charge on any atom is -0.457 e. The minimum atomic E-state index is -5.81. The summed E-state index contributed by atoms with van der Waals surface area (Å²) < 4.78 is 100. The second-order valence-corrected chi connectivity index (χ2v) is 12.3. The Balaban J connectivity index is 1.36. The zero-order chi connectivity index (χ0) is 38.4. The van der Waals surface area contributed by atoms with Gasteiger partial charge in [0.05, 0.1) is 0 Å². The lowest BCUT2D eigenvalue weighted by molar-refractivity contribution is -0.288. The van der Waals surface area contributed by atoms with E-state index < -0.39 is 28.9 Å². The number of hydrogen-bond acceptors (Lipinski definition) is 4. The van der Waals surface area contributed by atoms with Crippen LogP contribution in [0.5, 0.6) is 23.0 Å². The van der Waals surface area contributed by atoms with E-state index in [-0.39, 0.29) is 40.4 Å². The van der Waals surface area contributed by atoms with Crippen LogP contribution in [0, 0.1) is 0 Å². The molecule has 0 aliphatic carbocycles. The van der Waals surface area contributed by atoms with Gasteiger partial charge in [0, 0.05) is 33.2 Å². The molecule has 4 nitrogen and oxygen atoms in total. The summed E-state index contributed by atoms with van der Waals surface area (Å²) in [7, 11) is 0. The molecule has 0 aromatic heterocycles. The van der Waals surface area contributed by atoms with E-state index in [1.807, 2.05) is 0 Å². The number of halogens is 8. The van der Waals surface area contributed by atoms with E-state index >= 15 is 0 Å². The lowest BCUT2D eigenvalue weighted by Crippen LogP contribution is -2.54. The minimum absolute atomic E-state index is 0.0325. The topological polar surface area (TPSA) is 52.6 Å². The Morgan fingerprint density at radius 2 is 0.943 bits per heavy atom. The van der Waals surface area contributed by atoms with Crippen molar-refractivity contribution in [3.05, 3.63) is 178 Å². The molecule has 0 fully saturated rings. The van der Waals surface area contributed by atoms with Crippen LogP contribution in [0.25, 0.3) is 0 Å². The number of ether oxygens (including phenoxy) is 2. The molecular weight excluding hydrogens is 741 g/mol. The van der Waals surface area contributed by atoms with Crippen LogP contribution in [-0.2, 0) is 5.41 Å². The van der Waals surface area contributed by atoms with Gasteiger partial charge < -0.3 is 9.47 Å². The number of hydrogen-bond donors (Lipinski definition) is 0. The van der Waals surface area contributed by atoms with E-state index in [2.05, 4.69) is 0 Å². The third-order valence-corrected chi connectivity index (χ3v) is 8.63. The summed E-state index contributed by atoms with van der Waals surface area (Å²) in [5.41, 5.74) is -5.10. The molecule has 0 spiro atoms. The van der Waals surface area contributed by atoms with Crippen LogP contribution < -0.4 is 9.47 Å². The first-order chi connectivity index (χ1) is 25.2. The van der Waals surface area contributed by atoms with Gasteiger partial charge in [-0.3, -0.25) is 9.59 Å². The second-order valence-electron chi connectivity index (χ2n) is 11.5. The molecule has 0 saturated heterocycles. The second kappa shape index (κ2) is 16.1. The van der Waals surface area contributed by atoms with Crippen molar-refractivity contribution in [1.82, 2.24) is 0 Å². The average Bonchev–Trinajstić information content (AvgIpc) is 3.13. The third-order valence-electron chi connectivity index (χ3n) is 8.20. The molecule has 53 heavy (non-hydrogen) atoms. The zero-order valence-electron chi connectivity index (χ0n) is 27.6. The van der Waals surface area contributed by atoms with Gasteiger partial charge in [0.1, 0.15) is 23.0 Å². The Kier molecular flexibility index (Phi) is 11.8. The molecule has 5 rings (SSSR count). The van der Waals surface area contributed by atoms with Gasteiger partial charge in [0.25, 0.3) is 0 Å². The summed E-state index contributed by atoms with van der Waals surface area (Å²) >= 11 is 11.5. The Bertz CT molecular complexity index is 2090. The van der Waals surface area contributed by atoms with Crippen molar-refractivity contribution in [1.29, 1.82) is 0 Å². The highest BCUT2D eigenvalue weighted by Gasteiger charge is 2.72. The first kappa shape index (κ1) is 38.9. The molecule has 0 amide bonds. The van der Waals surface area contributed by atoms with Crippen LogP contribution in [0.1, 0.15) is 44.3 Å². The number of carbonyl (C=O) groups is 2. The van der Waals surface area contributed by atoms with E-state index in [0.29, 0.717) is 51.6 Å². The highest BCUT2D eigenvalue weighted by Crippen LogP contribution is 2.56. The predicted molar refractivity (Wildman–Crippen MR) is 192 cm³/mol. The third kappa shape index (κ3) is 8.50. The molecule has 0 N–H and O–H groups in total. The SMILES string of the molecule is C/C=C(\C=C/CCl)C(=O)c1ccc(Oc2ccc(C(c3ccc(Oc4ccc(C(=O)c5ccc(Cl)cc5)cc4)cc3)(C(F)(F)F)C(F)(F)F)cc2)cc1. The number of carbonyl (C=O) groups excluding carboxylic acids is 2. The Hall–Kier alpha value is -5.32. The summed E-state index contributed by atoms with van der Waals surface area (Å²) in [5, 5.41) is 0.466. The van der Waals surface area contributed by atoms with Gasteiger partial charge in [0.2, 0.25) is 5.41 Å². The molecule has 0 radical (unpaired) electrons. The standard InChI is InChI=1S/C41H28Cl2F6O4/c1-2-26(4-3-25-42)37(50)28-7-17-33(18-8-28)52-35-21-11-30(12-22-35)39(40(44,45)46,41(47,48)49)31-13-23-36(24-14-31)53-34-19-9-29(10-20-34)38(51)27-5-15-32(43)16-6-27/h2-24H,25H2,1H3/b4-3-,26-2+. The molecule has 272 valence electrons. The quantitative estimate of drug-likeness (QED) is 0.0417. The van der Waals surface area contributed by atoms with Crippen LogP contribution in [0.3, 0.4) is 0 Å². The van der Waals surface area contributed by atoms with Crippen LogP contribution >= 0.6 is 23.2 Å². The summed E-state index contributed by atoms with van der Waals surface area (Å²) in [6, 6.07) is 24.9. The van der Waals surface area contributed by atoms with Gasteiger partial charge >= 0.3 is 12.4 Å². The fourth-order valence-electron chi connectivity index (χ4n) is 5.56. The number of alkyl halides is 7. The first-order valence-electron chi connectivity index (χ1n) is 15.8. The normalized spacial score (nSPS) is 12.5. The fraction of sp³-hybridized carbons (Fsp3) is 0.122. The lowest BCUT2D eigenvalue weighted by atomic mass is 9.73. The Morgan fingerprint density at radius 3 is 1.30 bits per heavy atom. The largest absolute Gasteiger partial charge is 0.457 e. The summed E-state index contributed by atoms with van der Waals surface area (Å²) in [6.45, 7) is 1.69. The Morgan fingerprint density at radius 1 is 0.585 bits per heavy atom. The zero-order valence-corrected chi connectivity index (χ0v) is 29.2. The number of allylic oxidation sites excluding steroid dienone is 4. The van der Waals surface area contributed by atoms with Gasteiger partial charge in [-0.05, 0) is 115 Å². The molecule has 5 aromatic carbocycles. The van der Waals surface area contributed by atoms with Crippen molar-refractivity contribution in [3.8, 4) is 23.0 Å². The predicted octanol–water partition coefficient (Wildman–Crippen LogP) is 12.5. The molecular formula is C41H28Cl2F6O4. The van der Waals surface area contributed by atoms with E-state index in [0.717, 1.165) is 24.3 Å². The number of Topliss-reactive ketones (excluding diaryl/α,β-unsaturated/α-hetero) is 1. The van der Waals surface area contributed by atoms with Gasteiger partial charge in [-0.25, -0.2) is 0 Å². The molecule has 12 heteroatoms. The number of ketones is 2. The molecule has 0 atom stereocenters. The van der Waals surface area contributed by atoms with Crippen LogP contribution in [0.4, 0.5) is 26.3 Å². The van der Waals surface area contributed by atoms with E-state index in [9.17, 15) is 35.9 Å². The van der Waals surface area contributed by atoms with Crippen molar-refractivity contribution in [2.45, 2.75) is 24.7 Å². The van der Waals surface area contributed by atoms with E-state index in [1.54, 1.807) is 49.4 Å². The number of benzene rings is 5. The molecule has 0 heterocycles. The van der Waals surface area contributed by atoms with Gasteiger partial charge in [-0.2, -0.15) is 26.3 Å². The van der Waals surface area contributed by atoms with Gasteiger partial charge in [-0.1, -0.05) is 54.1 Å². The van der Waals surface area contributed by atoms with Crippen LogP contribution in [0.2, 0.25) is 5.02 Å². The first-order valence-corrected chi connectivity index (χ1v) is 16.7. The van der Waals surface area contributed by atoms with Crippen LogP contribution in [0.15, 0.2) is 145 Å². The summed E-state index contributed by atoms with van der Waals surface area (Å²) in [5.74, 6) is -0.0164. The number of rotatable bonds is 12. The molecule has 0 unspecified atom stereocenters. The molecule has 5 aromatic rings. The highest BCUT2D eigenvalue weighted by molar-refractivity contribution is 6.30. The van der Waals surface area contributed by atoms with Gasteiger partial charge in [0.15, 0.2) is 11.6 Å². The van der Waals surface area contributed by atoms with Crippen molar-refractivity contribution in [2.75, 3.05) is 5.88 Å². The lowest BCUT2D eigenvalue weighted by Gasteiger charge is -2.38. The van der Waals surface area contributed by atoms with E-state index in [4.69, 9.17) is 32.7 Å². The monoisotopic (exact) mass is 768 g/mol. The summed E-state index contributed by atoms with van der Waals surface area (Å²) in [6.07, 6.45) is -6.80. The maximum Gasteiger partial charge on any atom is 0.411 e. The van der Waals surface area contributed by atoms with E-state index in [1.165, 1.54) is 48.5 Å². The fourth-order valence-corrected chi connectivity index (χ4v) is 5.77. The highest BCUT2D eigenvalue weighted by atomic mass is 35.5. The maximum absolute atomic E-state index is 14.8. The molecule has 0 aliphatic heterocycles. The van der Waals surface area contributed by atoms with Crippen LogP contribution in [-0.4, -0.2) is 29.8 Å². The molecule has 0 aliphatic rings. The smallest absolute Gasteiger partial charge is 0.411 e. The van der Waals surface area contributed by atoms with Gasteiger partial charge in [-0.15, -0.1) is 11.6 Å².